The third kappa shape index (κ3) is 5.91. The van der Waals surface area contributed by atoms with E-state index in [9.17, 15) is 0 Å². The first-order valence-corrected chi connectivity index (χ1v) is 9.87. The van der Waals surface area contributed by atoms with Crippen LogP contribution in [0.3, 0.4) is 0 Å². The maximum atomic E-state index is 5.81. The SMILES string of the molecule is CN=C(NCc1ccc(N2CC=CC2)cc1)N(C)CCOc1ccc(OC)cc1. The highest BCUT2D eigenvalue weighted by molar-refractivity contribution is 5.79. The maximum Gasteiger partial charge on any atom is 0.193 e. The molecule has 0 saturated heterocycles. The van der Waals surface area contributed by atoms with Gasteiger partial charge in [0, 0.05) is 39.4 Å². The van der Waals surface area contributed by atoms with Crippen LogP contribution in [0.5, 0.6) is 11.5 Å². The molecule has 6 nitrogen and oxygen atoms in total. The minimum absolute atomic E-state index is 0.572. The fourth-order valence-corrected chi connectivity index (χ4v) is 3.16. The molecule has 0 atom stereocenters. The predicted octanol–water partition coefficient (Wildman–Crippen LogP) is 3.16. The molecule has 0 unspecified atom stereocenters. The van der Waals surface area contributed by atoms with E-state index >= 15 is 0 Å². The van der Waals surface area contributed by atoms with E-state index in [1.54, 1.807) is 14.2 Å². The number of ether oxygens (including phenoxy) is 2. The Balaban J connectivity index is 1.42. The van der Waals surface area contributed by atoms with Crippen LogP contribution >= 0.6 is 0 Å². The number of benzene rings is 2. The van der Waals surface area contributed by atoms with Gasteiger partial charge in [-0.05, 0) is 42.0 Å². The third-order valence-electron chi connectivity index (χ3n) is 4.90. The van der Waals surface area contributed by atoms with E-state index in [2.05, 4.69) is 56.5 Å². The highest BCUT2D eigenvalue weighted by Gasteiger charge is 2.08. The molecule has 0 fully saturated rings. The van der Waals surface area contributed by atoms with Gasteiger partial charge in [0.25, 0.3) is 0 Å². The van der Waals surface area contributed by atoms with E-state index in [1.165, 1.54) is 11.3 Å². The van der Waals surface area contributed by atoms with Crippen molar-refractivity contribution >= 4 is 11.6 Å². The summed E-state index contributed by atoms with van der Waals surface area (Å²) in [7, 11) is 5.46. The van der Waals surface area contributed by atoms with Crippen LogP contribution in [-0.2, 0) is 6.54 Å². The number of hydrogen-bond donors (Lipinski definition) is 1. The first kappa shape index (κ1) is 20.6. The molecule has 0 amide bonds. The molecule has 1 aliphatic heterocycles. The minimum atomic E-state index is 0.572. The van der Waals surface area contributed by atoms with Crippen molar-refractivity contribution < 1.29 is 9.47 Å². The Labute approximate surface area is 173 Å². The smallest absolute Gasteiger partial charge is 0.193 e. The summed E-state index contributed by atoms with van der Waals surface area (Å²) in [6, 6.07) is 16.3. The van der Waals surface area contributed by atoms with Gasteiger partial charge in [0.1, 0.15) is 18.1 Å². The molecule has 1 aliphatic rings. The Morgan fingerprint density at radius 3 is 2.31 bits per heavy atom. The first-order chi connectivity index (χ1) is 14.2. The highest BCUT2D eigenvalue weighted by Crippen LogP contribution is 2.18. The Morgan fingerprint density at radius 2 is 1.69 bits per heavy atom. The average molecular weight is 395 g/mol. The number of rotatable bonds is 8. The van der Waals surface area contributed by atoms with Crippen LogP contribution in [0, 0.1) is 0 Å². The number of methoxy groups -OCH3 is 1. The molecule has 3 rings (SSSR count). The summed E-state index contributed by atoms with van der Waals surface area (Å²) in [5.74, 6) is 2.50. The van der Waals surface area contributed by atoms with E-state index in [-0.39, 0.29) is 0 Å². The van der Waals surface area contributed by atoms with Crippen molar-refractivity contribution in [3.8, 4) is 11.5 Å². The molecule has 0 spiro atoms. The number of nitrogens with one attached hydrogen (secondary N) is 1. The van der Waals surface area contributed by atoms with Gasteiger partial charge >= 0.3 is 0 Å². The summed E-state index contributed by atoms with van der Waals surface area (Å²) in [6.45, 7) is 4.02. The van der Waals surface area contributed by atoms with Gasteiger partial charge in [-0.25, -0.2) is 0 Å². The lowest BCUT2D eigenvalue weighted by Gasteiger charge is -2.22. The Bertz CT molecular complexity index is 808. The van der Waals surface area contributed by atoms with Gasteiger partial charge in [-0.15, -0.1) is 0 Å². The van der Waals surface area contributed by atoms with Crippen LogP contribution in [0.1, 0.15) is 5.56 Å². The van der Waals surface area contributed by atoms with E-state index < -0.39 is 0 Å². The third-order valence-corrected chi connectivity index (χ3v) is 4.90. The van der Waals surface area contributed by atoms with E-state index in [4.69, 9.17) is 9.47 Å². The largest absolute Gasteiger partial charge is 0.497 e. The summed E-state index contributed by atoms with van der Waals surface area (Å²) < 4.78 is 11.0. The van der Waals surface area contributed by atoms with Gasteiger partial charge in [-0.2, -0.15) is 0 Å². The first-order valence-electron chi connectivity index (χ1n) is 9.87. The molecular formula is C23H30N4O2. The molecule has 0 bridgehead atoms. The van der Waals surface area contributed by atoms with Gasteiger partial charge in [-0.1, -0.05) is 24.3 Å². The lowest BCUT2D eigenvalue weighted by atomic mass is 10.2. The fraction of sp³-hybridized carbons (Fsp3) is 0.348. The zero-order valence-electron chi connectivity index (χ0n) is 17.5. The monoisotopic (exact) mass is 394 g/mol. The molecule has 29 heavy (non-hydrogen) atoms. The van der Waals surface area contributed by atoms with Gasteiger partial charge < -0.3 is 24.6 Å². The normalized spacial score (nSPS) is 13.5. The number of hydrogen-bond acceptors (Lipinski definition) is 4. The quantitative estimate of drug-likeness (QED) is 0.423. The van der Waals surface area contributed by atoms with Gasteiger partial charge in [-0.3, -0.25) is 4.99 Å². The van der Waals surface area contributed by atoms with Crippen molar-refractivity contribution in [1.82, 2.24) is 10.2 Å². The Morgan fingerprint density at radius 1 is 1.03 bits per heavy atom. The van der Waals surface area contributed by atoms with Crippen molar-refractivity contribution in [3.63, 3.8) is 0 Å². The number of aliphatic imine (C=N–C) groups is 1. The topological polar surface area (TPSA) is 49.3 Å². The summed E-state index contributed by atoms with van der Waals surface area (Å²) in [5.41, 5.74) is 2.49. The molecule has 1 N–H and O–H groups in total. The average Bonchev–Trinajstić information content (AvgIpc) is 3.30. The van der Waals surface area contributed by atoms with Crippen LogP contribution in [0.4, 0.5) is 5.69 Å². The second-order valence-corrected chi connectivity index (χ2v) is 6.89. The Hall–Kier alpha value is -3.15. The maximum absolute atomic E-state index is 5.81. The van der Waals surface area contributed by atoms with Crippen molar-refractivity contribution in [3.05, 3.63) is 66.2 Å². The summed E-state index contributed by atoms with van der Waals surface area (Å²) >= 11 is 0. The van der Waals surface area contributed by atoms with E-state index in [0.717, 1.165) is 43.6 Å². The van der Waals surface area contributed by atoms with Crippen LogP contribution < -0.4 is 19.7 Å². The van der Waals surface area contributed by atoms with Crippen LogP contribution in [0.15, 0.2) is 65.7 Å². The Kier molecular flexibility index (Phi) is 7.39. The molecule has 1 heterocycles. The van der Waals surface area contributed by atoms with Crippen molar-refractivity contribution in [2.75, 3.05) is 52.3 Å². The van der Waals surface area contributed by atoms with Crippen molar-refractivity contribution in [2.24, 2.45) is 4.99 Å². The zero-order valence-corrected chi connectivity index (χ0v) is 17.5. The molecule has 0 aliphatic carbocycles. The fourth-order valence-electron chi connectivity index (χ4n) is 3.16. The second kappa shape index (κ2) is 10.4. The molecule has 0 aromatic heterocycles. The van der Waals surface area contributed by atoms with Gasteiger partial charge in [0.05, 0.1) is 13.7 Å². The molecule has 0 saturated carbocycles. The van der Waals surface area contributed by atoms with Crippen molar-refractivity contribution in [1.29, 1.82) is 0 Å². The summed E-state index contributed by atoms with van der Waals surface area (Å²) in [6.07, 6.45) is 4.40. The predicted molar refractivity (Wildman–Crippen MR) is 119 cm³/mol. The standard InChI is InChI=1S/C23H30N4O2/c1-24-23(26(2)16-17-29-22-12-10-21(28-3)11-13-22)25-18-19-6-8-20(9-7-19)27-14-4-5-15-27/h4-13H,14-18H2,1-3H3,(H,24,25). The number of nitrogens with zero attached hydrogens (tertiary/aromatic N) is 3. The highest BCUT2D eigenvalue weighted by atomic mass is 16.5. The van der Waals surface area contributed by atoms with E-state index in [1.807, 2.05) is 31.3 Å². The van der Waals surface area contributed by atoms with Gasteiger partial charge in [0.2, 0.25) is 0 Å². The van der Waals surface area contributed by atoms with Gasteiger partial charge in [0.15, 0.2) is 5.96 Å². The lowest BCUT2D eigenvalue weighted by Crippen LogP contribution is -2.40. The zero-order chi connectivity index (χ0) is 20.5. The molecule has 154 valence electrons. The minimum Gasteiger partial charge on any atom is -0.497 e. The molecule has 6 heteroatoms. The molecule has 2 aromatic carbocycles. The molecule has 0 radical (unpaired) electrons. The summed E-state index contributed by atoms with van der Waals surface area (Å²) in [5, 5.41) is 3.42. The van der Waals surface area contributed by atoms with Crippen LogP contribution in [-0.4, -0.2) is 58.3 Å². The summed E-state index contributed by atoms with van der Waals surface area (Å²) in [4.78, 5) is 8.78. The number of guanidine groups is 1. The van der Waals surface area contributed by atoms with E-state index in [0.29, 0.717) is 6.61 Å². The number of anilines is 1. The van der Waals surface area contributed by atoms with Crippen molar-refractivity contribution in [2.45, 2.75) is 6.54 Å². The van der Waals surface area contributed by atoms with Crippen LogP contribution in [0.25, 0.3) is 0 Å². The van der Waals surface area contributed by atoms with Crippen LogP contribution in [0.2, 0.25) is 0 Å². The second-order valence-electron chi connectivity index (χ2n) is 6.89. The molecular weight excluding hydrogens is 364 g/mol. The lowest BCUT2D eigenvalue weighted by molar-refractivity contribution is 0.281. The number of likely N-dealkylation sites (N-methyl/N-ethyl adjacent to an activating group) is 1. The molecule has 2 aromatic rings.